The van der Waals surface area contributed by atoms with Crippen LogP contribution < -0.4 is 4.90 Å². The van der Waals surface area contributed by atoms with Gasteiger partial charge in [0, 0.05) is 44.1 Å². The Bertz CT molecular complexity index is 1240. The van der Waals surface area contributed by atoms with Crippen molar-refractivity contribution >= 4 is 43.6 Å². The summed E-state index contributed by atoms with van der Waals surface area (Å²) >= 11 is 1.56. The van der Waals surface area contributed by atoms with Gasteiger partial charge in [-0.1, -0.05) is 17.4 Å². The van der Waals surface area contributed by atoms with Gasteiger partial charge in [0.1, 0.15) is 0 Å². The maximum absolute atomic E-state index is 13.6. The van der Waals surface area contributed by atoms with Crippen LogP contribution in [-0.4, -0.2) is 65.2 Å². The van der Waals surface area contributed by atoms with Gasteiger partial charge in [0.2, 0.25) is 0 Å². The number of rotatable bonds is 5. The Morgan fingerprint density at radius 2 is 1.84 bits per heavy atom. The Balaban J connectivity index is 1.48. The van der Waals surface area contributed by atoms with E-state index in [0.717, 1.165) is 53.7 Å². The molecule has 2 aromatic carbocycles. The van der Waals surface area contributed by atoms with Gasteiger partial charge in [-0.25, -0.2) is 4.98 Å². The number of benzene rings is 2. The number of hydrogen-bond acceptors (Lipinski definition) is 7. The molecule has 0 unspecified atom stereocenters. The molecule has 1 aliphatic rings. The molecule has 8 heteroatoms. The number of anilines is 1. The molecule has 0 N–H and O–H groups in total. The van der Waals surface area contributed by atoms with Gasteiger partial charge in [0.25, 0.3) is 5.91 Å². The summed E-state index contributed by atoms with van der Waals surface area (Å²) in [5.74, 6) is -0.0726. The molecule has 0 aliphatic carbocycles. The molecule has 0 atom stereocenters. The minimum atomic E-state index is -0.0726. The molecule has 7 nitrogen and oxygen atoms in total. The fraction of sp³-hybridized carbons (Fsp3) is 0.304. The molecule has 2 aromatic heterocycles. The second-order valence-electron chi connectivity index (χ2n) is 7.64. The zero-order chi connectivity index (χ0) is 21.2. The van der Waals surface area contributed by atoms with Crippen LogP contribution in [0.1, 0.15) is 15.9 Å². The highest BCUT2D eigenvalue weighted by atomic mass is 32.1. The summed E-state index contributed by atoms with van der Waals surface area (Å²) in [6.07, 6.45) is 3.30. The van der Waals surface area contributed by atoms with E-state index in [2.05, 4.69) is 27.9 Å². The molecule has 158 valence electrons. The predicted molar refractivity (Wildman–Crippen MR) is 123 cm³/mol. The first-order valence-electron chi connectivity index (χ1n) is 10.4. The number of morpholine rings is 1. The highest BCUT2D eigenvalue weighted by Crippen LogP contribution is 2.30. The first-order valence-corrected chi connectivity index (χ1v) is 11.2. The van der Waals surface area contributed by atoms with Crippen molar-refractivity contribution in [3.05, 3.63) is 59.9 Å². The van der Waals surface area contributed by atoms with Gasteiger partial charge in [0.05, 0.1) is 34.5 Å². The number of hydrogen-bond donors (Lipinski definition) is 0. The molecule has 1 amide bonds. The third-order valence-corrected chi connectivity index (χ3v) is 6.51. The van der Waals surface area contributed by atoms with E-state index < -0.39 is 0 Å². The van der Waals surface area contributed by atoms with Crippen LogP contribution in [0.15, 0.2) is 48.8 Å². The third-order valence-electron chi connectivity index (χ3n) is 5.47. The van der Waals surface area contributed by atoms with Gasteiger partial charge < -0.3 is 4.74 Å². The van der Waals surface area contributed by atoms with E-state index in [-0.39, 0.29) is 5.91 Å². The summed E-state index contributed by atoms with van der Waals surface area (Å²) in [6.45, 7) is 6.64. The normalized spacial score (nSPS) is 14.9. The summed E-state index contributed by atoms with van der Waals surface area (Å²) in [5.41, 5.74) is 4.17. The second kappa shape index (κ2) is 8.66. The van der Waals surface area contributed by atoms with Gasteiger partial charge in [-0.15, -0.1) is 0 Å². The van der Waals surface area contributed by atoms with Crippen molar-refractivity contribution in [3.63, 3.8) is 0 Å². The fourth-order valence-corrected chi connectivity index (χ4v) is 4.83. The number of nitrogens with zero attached hydrogens (tertiary/aromatic N) is 5. The smallest absolute Gasteiger partial charge is 0.260 e. The Hall–Kier alpha value is -2.94. The van der Waals surface area contributed by atoms with Crippen molar-refractivity contribution < 1.29 is 9.53 Å². The Morgan fingerprint density at radius 3 is 2.68 bits per heavy atom. The summed E-state index contributed by atoms with van der Waals surface area (Å²) in [6, 6.07) is 11.7. The number of carbonyl (C=O) groups excluding carboxylic acids is 1. The van der Waals surface area contributed by atoms with E-state index in [0.29, 0.717) is 17.6 Å². The number of fused-ring (bicyclic) bond motifs is 2. The van der Waals surface area contributed by atoms with Crippen molar-refractivity contribution in [2.24, 2.45) is 0 Å². The van der Waals surface area contributed by atoms with Crippen molar-refractivity contribution in [2.45, 2.75) is 6.92 Å². The SMILES string of the molecule is Cc1ccc2nc(N(CCN3CCOCC3)C(=O)c3ccc4nccnc4c3)sc2c1. The molecule has 0 saturated carbocycles. The number of amides is 1. The first kappa shape index (κ1) is 20.0. The Morgan fingerprint density at radius 1 is 1.06 bits per heavy atom. The molecular formula is C23H23N5O2S. The minimum Gasteiger partial charge on any atom is -0.379 e. The maximum Gasteiger partial charge on any atom is 0.260 e. The van der Waals surface area contributed by atoms with E-state index in [4.69, 9.17) is 9.72 Å². The van der Waals surface area contributed by atoms with Crippen molar-refractivity contribution in [1.82, 2.24) is 19.9 Å². The van der Waals surface area contributed by atoms with Crippen LogP contribution in [0.25, 0.3) is 21.3 Å². The monoisotopic (exact) mass is 433 g/mol. The van der Waals surface area contributed by atoms with Crippen LogP contribution in [0, 0.1) is 6.92 Å². The molecular weight excluding hydrogens is 410 g/mol. The van der Waals surface area contributed by atoms with Crippen LogP contribution in [0.5, 0.6) is 0 Å². The average molecular weight is 434 g/mol. The van der Waals surface area contributed by atoms with Gasteiger partial charge in [0.15, 0.2) is 5.13 Å². The van der Waals surface area contributed by atoms with Gasteiger partial charge in [-0.2, -0.15) is 0 Å². The minimum absolute atomic E-state index is 0.0726. The second-order valence-corrected chi connectivity index (χ2v) is 8.65. The number of carbonyl (C=O) groups is 1. The Kier molecular flexibility index (Phi) is 5.59. The van der Waals surface area contributed by atoms with Crippen LogP contribution in [0.4, 0.5) is 5.13 Å². The van der Waals surface area contributed by atoms with E-state index in [1.54, 1.807) is 28.6 Å². The topological polar surface area (TPSA) is 71.5 Å². The molecule has 0 radical (unpaired) electrons. The molecule has 3 heterocycles. The molecule has 0 bridgehead atoms. The van der Waals surface area contributed by atoms with Crippen LogP contribution in [0.2, 0.25) is 0 Å². The molecule has 0 spiro atoms. The van der Waals surface area contributed by atoms with E-state index in [9.17, 15) is 4.79 Å². The summed E-state index contributed by atoms with van der Waals surface area (Å²) < 4.78 is 6.54. The lowest BCUT2D eigenvalue weighted by Gasteiger charge is -2.29. The lowest BCUT2D eigenvalue weighted by Crippen LogP contribution is -2.43. The number of aromatic nitrogens is 3. The first-order chi connectivity index (χ1) is 15.2. The quantitative estimate of drug-likeness (QED) is 0.480. The number of thiazole rings is 1. The lowest BCUT2D eigenvalue weighted by atomic mass is 10.1. The van der Waals surface area contributed by atoms with Gasteiger partial charge in [-0.05, 0) is 42.8 Å². The summed E-state index contributed by atoms with van der Waals surface area (Å²) in [5, 5.41) is 0.720. The van der Waals surface area contributed by atoms with Crippen molar-refractivity contribution in [2.75, 3.05) is 44.3 Å². The highest BCUT2D eigenvalue weighted by molar-refractivity contribution is 7.22. The molecule has 1 aliphatic heterocycles. The third kappa shape index (κ3) is 4.27. The molecule has 4 aromatic rings. The van der Waals surface area contributed by atoms with E-state index in [1.165, 1.54) is 5.56 Å². The van der Waals surface area contributed by atoms with Crippen LogP contribution in [0.3, 0.4) is 0 Å². The molecule has 1 saturated heterocycles. The number of ether oxygens (including phenoxy) is 1. The van der Waals surface area contributed by atoms with E-state index in [1.807, 2.05) is 30.3 Å². The largest absolute Gasteiger partial charge is 0.379 e. The van der Waals surface area contributed by atoms with Crippen LogP contribution >= 0.6 is 11.3 Å². The zero-order valence-corrected chi connectivity index (χ0v) is 18.1. The van der Waals surface area contributed by atoms with Crippen molar-refractivity contribution in [3.8, 4) is 0 Å². The summed E-state index contributed by atoms with van der Waals surface area (Å²) in [7, 11) is 0. The standard InChI is InChI=1S/C23H23N5O2S/c1-16-2-4-19-21(14-16)31-23(26-19)28(9-8-27-10-12-30-13-11-27)22(29)17-3-5-18-20(15-17)25-7-6-24-18/h2-7,14-15H,8-13H2,1H3. The highest BCUT2D eigenvalue weighted by Gasteiger charge is 2.23. The van der Waals surface area contributed by atoms with Crippen molar-refractivity contribution in [1.29, 1.82) is 0 Å². The average Bonchev–Trinajstić information content (AvgIpc) is 3.22. The predicted octanol–water partition coefficient (Wildman–Crippen LogP) is 3.53. The summed E-state index contributed by atoms with van der Waals surface area (Å²) in [4.78, 5) is 31.2. The Labute approximate surface area is 184 Å². The fourth-order valence-electron chi connectivity index (χ4n) is 3.74. The maximum atomic E-state index is 13.6. The lowest BCUT2D eigenvalue weighted by molar-refractivity contribution is 0.0391. The molecule has 5 rings (SSSR count). The van der Waals surface area contributed by atoms with Crippen LogP contribution in [-0.2, 0) is 4.74 Å². The number of aryl methyl sites for hydroxylation is 1. The van der Waals surface area contributed by atoms with E-state index >= 15 is 0 Å². The molecule has 31 heavy (non-hydrogen) atoms. The molecule has 1 fully saturated rings. The zero-order valence-electron chi connectivity index (χ0n) is 17.3. The van der Waals surface area contributed by atoms with Gasteiger partial charge >= 0.3 is 0 Å². The van der Waals surface area contributed by atoms with Gasteiger partial charge in [-0.3, -0.25) is 24.6 Å².